The zero-order chi connectivity index (χ0) is 23.4. The largest absolute Gasteiger partial charge is 0.0807 e. The normalized spacial score (nSPS) is 16.5. The quantitative estimate of drug-likeness (QED) is 0.380. The minimum absolute atomic E-state index is 0.0971. The number of hydrogen-bond donors (Lipinski definition) is 0. The van der Waals surface area contributed by atoms with Gasteiger partial charge in [-0.25, -0.2) is 0 Å². The van der Waals surface area contributed by atoms with Crippen LogP contribution in [0.3, 0.4) is 0 Å². The van der Waals surface area contributed by atoms with E-state index in [0.29, 0.717) is 0 Å². The van der Waals surface area contributed by atoms with Crippen LogP contribution in [0, 0.1) is 5.41 Å². The van der Waals surface area contributed by atoms with Gasteiger partial charge >= 0.3 is 0 Å². The second-order valence-corrected chi connectivity index (χ2v) is 9.56. The van der Waals surface area contributed by atoms with Crippen LogP contribution in [0.1, 0.15) is 31.4 Å². The van der Waals surface area contributed by atoms with Crippen LogP contribution >= 0.6 is 0 Å². The van der Waals surface area contributed by atoms with Gasteiger partial charge in [0.25, 0.3) is 0 Å². The molecule has 2 aliphatic rings. The predicted octanol–water partition coefficient (Wildman–Crippen LogP) is 9.46. The molecule has 0 heteroatoms. The van der Waals surface area contributed by atoms with E-state index in [-0.39, 0.29) is 5.41 Å². The first-order valence-electron chi connectivity index (χ1n) is 12.0. The van der Waals surface area contributed by atoms with Crippen LogP contribution in [-0.2, 0) is 0 Å². The lowest BCUT2D eigenvalue weighted by Gasteiger charge is -2.12. The monoisotopic (exact) mass is 438 g/mol. The molecule has 0 saturated heterocycles. The van der Waals surface area contributed by atoms with Gasteiger partial charge in [0, 0.05) is 5.41 Å². The summed E-state index contributed by atoms with van der Waals surface area (Å²) in [6, 6.07) is 26.6. The Balaban J connectivity index is 1.36. The van der Waals surface area contributed by atoms with Gasteiger partial charge in [-0.05, 0) is 57.0 Å². The van der Waals surface area contributed by atoms with Crippen molar-refractivity contribution in [3.63, 3.8) is 0 Å². The molecular weight excluding hydrogens is 408 g/mol. The SMILES string of the molecule is CC1(C)C=CC=C(c2ccc(-c3ccc(-c4cccc(C5=CC=CCC=C5)c4)cc3)cc2)C=C1. The Kier molecular flexibility index (Phi) is 6.14. The van der Waals surface area contributed by atoms with Crippen molar-refractivity contribution in [1.29, 1.82) is 0 Å². The molecule has 0 amide bonds. The van der Waals surface area contributed by atoms with Crippen molar-refractivity contribution in [2.45, 2.75) is 20.3 Å². The van der Waals surface area contributed by atoms with Gasteiger partial charge in [0.2, 0.25) is 0 Å². The zero-order valence-electron chi connectivity index (χ0n) is 19.9. The summed E-state index contributed by atoms with van der Waals surface area (Å²) in [4.78, 5) is 0. The molecular formula is C34H30. The lowest BCUT2D eigenvalue weighted by atomic mass is 9.92. The van der Waals surface area contributed by atoms with Crippen LogP contribution in [0.5, 0.6) is 0 Å². The van der Waals surface area contributed by atoms with Gasteiger partial charge < -0.3 is 0 Å². The first-order valence-corrected chi connectivity index (χ1v) is 12.0. The van der Waals surface area contributed by atoms with E-state index in [1.807, 2.05) is 0 Å². The average Bonchev–Trinajstić information content (AvgIpc) is 3.25. The van der Waals surface area contributed by atoms with Gasteiger partial charge in [0.15, 0.2) is 0 Å². The summed E-state index contributed by atoms with van der Waals surface area (Å²) in [5, 5.41) is 0. The molecule has 0 unspecified atom stereocenters. The van der Waals surface area contributed by atoms with E-state index in [9.17, 15) is 0 Å². The summed E-state index contributed by atoms with van der Waals surface area (Å²) in [5.74, 6) is 0. The second-order valence-electron chi connectivity index (χ2n) is 9.56. The summed E-state index contributed by atoms with van der Waals surface area (Å²) >= 11 is 0. The van der Waals surface area contributed by atoms with Crippen LogP contribution < -0.4 is 0 Å². The summed E-state index contributed by atoms with van der Waals surface area (Å²) < 4.78 is 0. The van der Waals surface area contributed by atoms with E-state index < -0.39 is 0 Å². The molecule has 0 radical (unpaired) electrons. The highest BCUT2D eigenvalue weighted by Crippen LogP contribution is 2.30. The second kappa shape index (κ2) is 9.53. The number of rotatable bonds is 4. The molecule has 2 aliphatic carbocycles. The van der Waals surface area contributed by atoms with Crippen molar-refractivity contribution in [1.82, 2.24) is 0 Å². The van der Waals surface area contributed by atoms with Crippen LogP contribution in [0.25, 0.3) is 33.4 Å². The Bertz CT molecular complexity index is 1350. The molecule has 0 N–H and O–H groups in total. The van der Waals surface area contributed by atoms with Crippen LogP contribution in [0.2, 0.25) is 0 Å². The first kappa shape index (κ1) is 21.9. The summed E-state index contributed by atoms with van der Waals surface area (Å²) in [6.07, 6.45) is 23.0. The van der Waals surface area contributed by atoms with E-state index in [1.54, 1.807) is 0 Å². The van der Waals surface area contributed by atoms with Gasteiger partial charge in [0.05, 0.1) is 0 Å². The molecule has 0 spiro atoms. The number of allylic oxidation sites excluding steroid dienone is 12. The van der Waals surface area contributed by atoms with Gasteiger partial charge in [-0.2, -0.15) is 0 Å². The summed E-state index contributed by atoms with van der Waals surface area (Å²) in [5.41, 5.74) is 10.0. The van der Waals surface area contributed by atoms with Crippen molar-refractivity contribution in [2.75, 3.05) is 0 Å². The standard InChI is InChI=1S/C34H30/c1-34(2)23-8-13-27(22-24-34)28-14-16-29(17-15-28)30-18-20-31(21-19-30)33-12-7-11-32(25-33)26-9-5-3-4-6-10-26/h3,5-25H,4H2,1-2H3. The van der Waals surface area contributed by atoms with Gasteiger partial charge in [-0.15, -0.1) is 0 Å². The van der Waals surface area contributed by atoms with E-state index >= 15 is 0 Å². The molecule has 0 aliphatic heterocycles. The molecule has 0 bridgehead atoms. The van der Waals surface area contributed by atoms with Gasteiger partial charge in [0.1, 0.15) is 0 Å². The Hall–Kier alpha value is -3.90. The van der Waals surface area contributed by atoms with Crippen molar-refractivity contribution in [3.05, 3.63) is 145 Å². The minimum atomic E-state index is 0.0971. The molecule has 166 valence electrons. The lowest BCUT2D eigenvalue weighted by Crippen LogP contribution is -2.00. The maximum Gasteiger partial charge on any atom is 0.00109 e. The number of benzene rings is 3. The summed E-state index contributed by atoms with van der Waals surface area (Å²) in [7, 11) is 0. The molecule has 0 nitrogen and oxygen atoms in total. The van der Waals surface area contributed by atoms with Crippen molar-refractivity contribution >= 4 is 11.1 Å². The number of hydrogen-bond acceptors (Lipinski definition) is 0. The smallest absolute Gasteiger partial charge is 0.00109 e. The summed E-state index contributed by atoms with van der Waals surface area (Å²) in [6.45, 7) is 4.45. The third-order valence-corrected chi connectivity index (χ3v) is 6.44. The highest BCUT2D eigenvalue weighted by molar-refractivity contribution is 5.80. The highest BCUT2D eigenvalue weighted by Gasteiger charge is 2.11. The third-order valence-electron chi connectivity index (χ3n) is 6.44. The fourth-order valence-corrected chi connectivity index (χ4v) is 4.37. The Labute approximate surface area is 203 Å². The van der Waals surface area contributed by atoms with Crippen molar-refractivity contribution < 1.29 is 0 Å². The molecule has 0 heterocycles. The minimum Gasteiger partial charge on any atom is -0.0807 e. The topological polar surface area (TPSA) is 0 Å². The van der Waals surface area contributed by atoms with Crippen LogP contribution in [-0.4, -0.2) is 0 Å². The average molecular weight is 439 g/mol. The molecule has 5 rings (SSSR count). The predicted molar refractivity (Wildman–Crippen MR) is 148 cm³/mol. The fourth-order valence-electron chi connectivity index (χ4n) is 4.37. The Morgan fingerprint density at radius 2 is 1.12 bits per heavy atom. The van der Waals surface area contributed by atoms with E-state index in [0.717, 1.165) is 6.42 Å². The Morgan fingerprint density at radius 3 is 1.85 bits per heavy atom. The highest BCUT2D eigenvalue weighted by atomic mass is 14.2. The molecule has 3 aromatic carbocycles. The molecule has 0 atom stereocenters. The molecule has 3 aromatic rings. The first-order chi connectivity index (χ1) is 16.6. The van der Waals surface area contributed by atoms with E-state index in [1.165, 1.54) is 44.5 Å². The van der Waals surface area contributed by atoms with E-state index in [2.05, 4.69) is 147 Å². The van der Waals surface area contributed by atoms with Crippen molar-refractivity contribution in [3.8, 4) is 22.3 Å². The third kappa shape index (κ3) is 5.02. The van der Waals surface area contributed by atoms with Gasteiger partial charge in [-0.3, -0.25) is 0 Å². The van der Waals surface area contributed by atoms with E-state index in [4.69, 9.17) is 0 Å². The molecule has 34 heavy (non-hydrogen) atoms. The molecule has 0 fully saturated rings. The van der Waals surface area contributed by atoms with Gasteiger partial charge in [-0.1, -0.05) is 141 Å². The molecule has 0 aromatic heterocycles. The fraction of sp³-hybridized carbons (Fsp3) is 0.118. The lowest BCUT2D eigenvalue weighted by molar-refractivity contribution is 0.627. The van der Waals surface area contributed by atoms with Crippen LogP contribution in [0.4, 0.5) is 0 Å². The Morgan fingerprint density at radius 1 is 0.529 bits per heavy atom. The maximum atomic E-state index is 2.28. The van der Waals surface area contributed by atoms with Crippen LogP contribution in [0.15, 0.2) is 134 Å². The maximum absolute atomic E-state index is 2.28. The van der Waals surface area contributed by atoms with Crippen molar-refractivity contribution in [2.24, 2.45) is 5.41 Å². The zero-order valence-corrected chi connectivity index (χ0v) is 19.9. The molecule has 0 saturated carbocycles.